The van der Waals surface area contributed by atoms with Gasteiger partial charge in [-0.25, -0.2) is 4.89 Å². The summed E-state index contributed by atoms with van der Waals surface area (Å²) in [4.78, 5) is 20.6. The highest BCUT2D eigenvalue weighted by molar-refractivity contribution is 5.47. The Labute approximate surface area is 97.8 Å². The maximum Gasteiger partial charge on any atom is 0.0847 e. The van der Waals surface area contributed by atoms with E-state index in [-0.39, 0.29) is 5.60 Å². The van der Waals surface area contributed by atoms with E-state index in [4.69, 9.17) is 40.0 Å². The van der Waals surface area contributed by atoms with Crippen LogP contribution in [0.1, 0.15) is 20.3 Å². The summed E-state index contributed by atoms with van der Waals surface area (Å²) in [7, 11) is 1.64. The van der Waals surface area contributed by atoms with E-state index in [2.05, 4.69) is 4.89 Å². The van der Waals surface area contributed by atoms with Crippen molar-refractivity contribution < 1.29 is 44.9 Å². The molecular weight excluding hydrogens is 240 g/mol. The van der Waals surface area contributed by atoms with Gasteiger partial charge in [0.1, 0.15) is 0 Å². The van der Waals surface area contributed by atoms with Gasteiger partial charge in [0.15, 0.2) is 0 Å². The van der Waals surface area contributed by atoms with Crippen molar-refractivity contribution in [3.63, 3.8) is 0 Å². The number of hydrogen-bond acceptors (Lipinski definition) is 9. The highest BCUT2D eigenvalue weighted by atomic mass is 17.1. The average molecular weight is 254 g/mol. The molecule has 0 radical (unpaired) electrons. The molecule has 0 rings (SSSR count). The Morgan fingerprint density at radius 2 is 1.41 bits per heavy atom. The quantitative estimate of drug-likeness (QED) is 0.393. The van der Waals surface area contributed by atoms with E-state index >= 15 is 0 Å². The number of hydrogen-bond donors (Lipinski definition) is 1. The minimum absolute atomic E-state index is 0.192. The second-order valence-corrected chi connectivity index (χ2v) is 3.05. The van der Waals surface area contributed by atoms with E-state index in [1.165, 1.54) is 0 Å². The average Bonchev–Trinajstić information content (AvgIpc) is 2.13. The molecule has 0 aromatic heterocycles. The van der Waals surface area contributed by atoms with E-state index in [9.17, 15) is 0 Å². The first-order valence-corrected chi connectivity index (χ1v) is 4.16. The van der Waals surface area contributed by atoms with Crippen LogP contribution in [0.3, 0.4) is 0 Å². The van der Waals surface area contributed by atoms with Gasteiger partial charge in [-0.3, -0.25) is 5.26 Å². The van der Waals surface area contributed by atoms with Crippen LogP contribution < -0.4 is 20.4 Å². The molecule has 9 nitrogen and oxygen atoms in total. The summed E-state index contributed by atoms with van der Waals surface area (Å²) in [5.41, 5.74) is -0.192. The third kappa shape index (κ3) is 54.0. The van der Waals surface area contributed by atoms with Crippen molar-refractivity contribution in [3.8, 4) is 0 Å². The standard InChI is InChI=1S/C6H14O3.2CH2O3/c1-6(2,8-3)4-5-9-7;2*2-1(3)4/h7H,4-5H2,1-3H3;2*(H2,2,3,4)/p-4. The zero-order valence-electron chi connectivity index (χ0n) is 9.63. The molecule has 104 valence electrons. The molecule has 0 fully saturated rings. The van der Waals surface area contributed by atoms with E-state index in [1.807, 2.05) is 13.8 Å². The smallest absolute Gasteiger partial charge is 0.0847 e. The first-order valence-electron chi connectivity index (χ1n) is 4.16. The van der Waals surface area contributed by atoms with Gasteiger partial charge in [-0.15, -0.1) is 0 Å². The Hall–Kier alpha value is -1.58. The minimum Gasteiger partial charge on any atom is -0.652 e. The topological polar surface area (TPSA) is 165 Å². The summed E-state index contributed by atoms with van der Waals surface area (Å²) < 4.78 is 5.05. The predicted molar refractivity (Wildman–Crippen MR) is 45.1 cm³/mol. The van der Waals surface area contributed by atoms with Crippen LogP contribution in [-0.4, -0.2) is 36.9 Å². The molecule has 0 saturated carbocycles. The number of methoxy groups -OCH3 is 1. The van der Waals surface area contributed by atoms with E-state index in [0.717, 1.165) is 0 Å². The Morgan fingerprint density at radius 3 is 1.59 bits per heavy atom. The molecule has 0 amide bonds. The predicted octanol–water partition coefficient (Wildman–Crippen LogP) is -3.60. The summed E-state index contributed by atoms with van der Waals surface area (Å²) in [6.45, 7) is 4.19. The highest BCUT2D eigenvalue weighted by Gasteiger charge is 2.15. The lowest BCUT2D eigenvalue weighted by Crippen LogP contribution is -2.37. The van der Waals surface area contributed by atoms with Crippen molar-refractivity contribution in [2.45, 2.75) is 25.9 Å². The van der Waals surface area contributed by atoms with E-state index in [0.29, 0.717) is 13.0 Å². The molecule has 0 bridgehead atoms. The zero-order valence-corrected chi connectivity index (χ0v) is 9.63. The summed E-state index contributed by atoms with van der Waals surface area (Å²) in [5.74, 6) is 0. The molecule has 0 aliphatic rings. The lowest BCUT2D eigenvalue weighted by Gasteiger charge is -2.21. The van der Waals surface area contributed by atoms with Gasteiger partial charge in [0.2, 0.25) is 0 Å². The second-order valence-electron chi connectivity index (χ2n) is 3.05. The fraction of sp³-hybridized carbons (Fsp3) is 0.750. The first kappa shape index (κ1) is 20.8. The second kappa shape index (κ2) is 12.5. The van der Waals surface area contributed by atoms with Crippen molar-refractivity contribution >= 4 is 12.3 Å². The SMILES string of the molecule is COC(C)(C)CCOO.O=C([O-])[O-].O=C([O-])[O-]. The molecule has 0 aliphatic carbocycles. The lowest BCUT2D eigenvalue weighted by atomic mass is 10.1. The van der Waals surface area contributed by atoms with Crippen LogP contribution in [-0.2, 0) is 9.62 Å². The largest absolute Gasteiger partial charge is 0.652 e. The van der Waals surface area contributed by atoms with Crippen molar-refractivity contribution in [1.29, 1.82) is 0 Å². The van der Waals surface area contributed by atoms with Crippen LogP contribution >= 0.6 is 0 Å². The summed E-state index contributed by atoms with van der Waals surface area (Å²) in [6, 6.07) is 0. The minimum atomic E-state index is -2.33. The van der Waals surface area contributed by atoms with Gasteiger partial charge < -0.3 is 34.8 Å². The van der Waals surface area contributed by atoms with Crippen molar-refractivity contribution in [2.24, 2.45) is 0 Å². The summed E-state index contributed by atoms with van der Waals surface area (Å²) in [6.07, 6.45) is -3.97. The normalized spacial score (nSPS) is 9.18. The summed E-state index contributed by atoms with van der Waals surface area (Å²) >= 11 is 0. The number of carbonyl (C=O) groups is 2. The Kier molecular flexibility index (Phi) is 15.3. The van der Waals surface area contributed by atoms with Gasteiger partial charge in [-0.05, 0) is 26.2 Å². The van der Waals surface area contributed by atoms with Crippen molar-refractivity contribution in [3.05, 3.63) is 0 Å². The molecule has 0 atom stereocenters. The van der Waals surface area contributed by atoms with Crippen LogP contribution in [0.25, 0.3) is 0 Å². The molecule has 9 heteroatoms. The summed E-state index contributed by atoms with van der Waals surface area (Å²) in [5, 5.41) is 41.3. The molecule has 1 N–H and O–H groups in total. The van der Waals surface area contributed by atoms with Gasteiger partial charge >= 0.3 is 0 Å². The molecule has 0 unspecified atom stereocenters. The van der Waals surface area contributed by atoms with Gasteiger partial charge in [0.05, 0.1) is 12.2 Å². The van der Waals surface area contributed by atoms with Crippen LogP contribution in [0.4, 0.5) is 9.59 Å². The van der Waals surface area contributed by atoms with Gasteiger partial charge in [-0.1, -0.05) is 0 Å². The van der Waals surface area contributed by atoms with E-state index < -0.39 is 12.3 Å². The van der Waals surface area contributed by atoms with Crippen molar-refractivity contribution in [1.82, 2.24) is 0 Å². The Balaban J connectivity index is -0.000000205. The Bertz CT molecular complexity index is 181. The zero-order chi connectivity index (χ0) is 14.5. The monoisotopic (exact) mass is 254 g/mol. The van der Waals surface area contributed by atoms with E-state index in [1.54, 1.807) is 7.11 Å². The van der Waals surface area contributed by atoms with Crippen LogP contribution in [0.5, 0.6) is 0 Å². The highest BCUT2D eigenvalue weighted by Crippen LogP contribution is 2.11. The number of ether oxygens (including phenoxy) is 1. The molecular formula is C8H14O9-4. The molecule has 0 aromatic rings. The van der Waals surface area contributed by atoms with Gasteiger partial charge in [-0.2, -0.15) is 0 Å². The lowest BCUT2D eigenvalue weighted by molar-refractivity contribution is -0.417. The third-order valence-corrected chi connectivity index (χ3v) is 1.35. The third-order valence-electron chi connectivity index (χ3n) is 1.35. The molecule has 0 saturated heterocycles. The van der Waals surface area contributed by atoms with Crippen LogP contribution in [0, 0.1) is 0 Å². The van der Waals surface area contributed by atoms with Crippen LogP contribution in [0.15, 0.2) is 0 Å². The molecule has 0 heterocycles. The molecule has 0 spiro atoms. The van der Waals surface area contributed by atoms with Gasteiger partial charge in [0.25, 0.3) is 0 Å². The first-order chi connectivity index (χ1) is 7.59. The maximum absolute atomic E-state index is 8.33. The number of carboxylic acid groups (broad SMARTS) is 4. The fourth-order valence-corrected chi connectivity index (χ4v) is 0.393. The van der Waals surface area contributed by atoms with Crippen LogP contribution in [0.2, 0.25) is 0 Å². The molecule has 17 heavy (non-hydrogen) atoms. The molecule has 0 aliphatic heterocycles. The van der Waals surface area contributed by atoms with Crippen molar-refractivity contribution in [2.75, 3.05) is 13.7 Å². The van der Waals surface area contributed by atoms with Gasteiger partial charge in [0, 0.05) is 13.5 Å². The number of rotatable bonds is 4. The molecule has 0 aromatic carbocycles. The fourth-order valence-electron chi connectivity index (χ4n) is 0.393. The maximum atomic E-state index is 8.33. The Morgan fingerprint density at radius 1 is 1.12 bits per heavy atom. The number of carbonyl (C=O) groups excluding carboxylic acids is 2.